The van der Waals surface area contributed by atoms with E-state index < -0.39 is 6.03 Å². The van der Waals surface area contributed by atoms with Crippen molar-refractivity contribution in [3.8, 4) is 5.75 Å². The fourth-order valence-corrected chi connectivity index (χ4v) is 2.78. The summed E-state index contributed by atoms with van der Waals surface area (Å²) in [6, 6.07) is 11.1. The lowest BCUT2D eigenvalue weighted by Gasteiger charge is -2.21. The summed E-state index contributed by atoms with van der Waals surface area (Å²) in [4.78, 5) is 11.8. The molecule has 0 saturated carbocycles. The van der Waals surface area contributed by atoms with Crippen LogP contribution < -0.4 is 15.1 Å². The number of rotatable bonds is 6. The molecule has 0 radical (unpaired) electrons. The third-order valence-corrected chi connectivity index (χ3v) is 4.28. The van der Waals surface area contributed by atoms with Gasteiger partial charge >= 0.3 is 6.03 Å². The average Bonchev–Trinajstić information content (AvgIpc) is 2.65. The van der Waals surface area contributed by atoms with Crippen LogP contribution >= 0.6 is 0 Å². The normalized spacial score (nSPS) is 10.4. The van der Waals surface area contributed by atoms with Crippen molar-refractivity contribution < 1.29 is 14.7 Å². The molecule has 0 spiro atoms. The second kappa shape index (κ2) is 8.53. The Morgan fingerprint density at radius 3 is 2.56 bits per heavy atom. The van der Waals surface area contributed by atoms with E-state index in [4.69, 9.17) is 4.74 Å². The number of benzene rings is 2. The zero-order chi connectivity index (χ0) is 18.4. The molecule has 2 amide bonds. The number of hydroxylamine groups is 1. The van der Waals surface area contributed by atoms with Crippen LogP contribution in [0.2, 0.25) is 0 Å². The maximum absolute atomic E-state index is 11.8. The van der Waals surface area contributed by atoms with E-state index in [9.17, 15) is 10.0 Å². The Balaban J connectivity index is 2.30. The van der Waals surface area contributed by atoms with Gasteiger partial charge in [-0.05, 0) is 48.6 Å². The highest BCUT2D eigenvalue weighted by Crippen LogP contribution is 2.27. The van der Waals surface area contributed by atoms with Gasteiger partial charge in [0, 0.05) is 12.6 Å². The number of hydrogen-bond donors (Lipinski definition) is 2. The number of urea groups is 1. The Morgan fingerprint density at radius 1 is 1.20 bits per heavy atom. The fraction of sp³-hybridized carbons (Fsp3) is 0.350. The molecule has 0 atom stereocenters. The minimum atomic E-state index is -0.585. The van der Waals surface area contributed by atoms with Crippen molar-refractivity contribution >= 4 is 11.7 Å². The van der Waals surface area contributed by atoms with Gasteiger partial charge < -0.3 is 10.1 Å². The summed E-state index contributed by atoms with van der Waals surface area (Å²) < 4.78 is 6.00. The van der Waals surface area contributed by atoms with Crippen molar-refractivity contribution in [1.82, 2.24) is 5.32 Å². The van der Waals surface area contributed by atoms with Crippen LogP contribution in [-0.2, 0) is 19.4 Å². The molecule has 0 aliphatic carbocycles. The van der Waals surface area contributed by atoms with Crippen molar-refractivity contribution in [2.45, 2.75) is 40.2 Å². The van der Waals surface area contributed by atoms with Gasteiger partial charge in [-0.2, -0.15) is 5.06 Å². The highest BCUT2D eigenvalue weighted by molar-refractivity contribution is 5.90. The van der Waals surface area contributed by atoms with E-state index in [1.165, 1.54) is 12.6 Å². The summed E-state index contributed by atoms with van der Waals surface area (Å²) >= 11 is 0. The van der Waals surface area contributed by atoms with Crippen molar-refractivity contribution in [2.75, 3.05) is 12.1 Å². The van der Waals surface area contributed by atoms with E-state index in [2.05, 4.69) is 24.4 Å². The van der Waals surface area contributed by atoms with Crippen LogP contribution in [0.4, 0.5) is 10.5 Å². The lowest BCUT2D eigenvalue weighted by atomic mass is 10.0. The summed E-state index contributed by atoms with van der Waals surface area (Å²) in [7, 11) is 1.48. The maximum Gasteiger partial charge on any atom is 0.345 e. The molecule has 0 aromatic heterocycles. The van der Waals surface area contributed by atoms with Gasteiger partial charge in [-0.25, -0.2) is 4.79 Å². The molecule has 2 rings (SSSR count). The molecule has 0 fully saturated rings. The van der Waals surface area contributed by atoms with Crippen molar-refractivity contribution in [1.29, 1.82) is 0 Å². The summed E-state index contributed by atoms with van der Waals surface area (Å²) in [5, 5.41) is 13.2. The third kappa shape index (κ3) is 4.31. The van der Waals surface area contributed by atoms with Crippen molar-refractivity contribution in [2.24, 2.45) is 0 Å². The minimum Gasteiger partial charge on any atom is -0.489 e. The van der Waals surface area contributed by atoms with E-state index in [-0.39, 0.29) is 6.61 Å². The molecule has 0 aliphatic rings. The van der Waals surface area contributed by atoms with Crippen LogP contribution in [0.25, 0.3) is 0 Å². The molecule has 0 saturated heterocycles. The fourth-order valence-electron chi connectivity index (χ4n) is 2.78. The Hall–Kier alpha value is -2.53. The standard InChI is InChI=1S/C20H26N2O3/c1-5-15-10-11-19(14(3)12-15)25-13-17-16(6-2)8-7-9-18(17)22(24)20(23)21-4/h7-12,24H,5-6,13H2,1-4H3,(H,21,23). The highest BCUT2D eigenvalue weighted by Gasteiger charge is 2.18. The van der Waals surface area contributed by atoms with Crippen LogP contribution in [0.5, 0.6) is 5.75 Å². The molecular weight excluding hydrogens is 316 g/mol. The van der Waals surface area contributed by atoms with Crippen LogP contribution in [-0.4, -0.2) is 18.3 Å². The number of nitrogens with zero attached hydrogens (tertiary/aromatic N) is 1. The summed E-state index contributed by atoms with van der Waals surface area (Å²) in [6.07, 6.45) is 1.76. The second-order valence-electron chi connectivity index (χ2n) is 5.88. The van der Waals surface area contributed by atoms with Gasteiger partial charge in [0.05, 0.1) is 5.69 Å². The molecule has 2 N–H and O–H groups in total. The smallest absolute Gasteiger partial charge is 0.345 e. The first-order valence-corrected chi connectivity index (χ1v) is 8.55. The van der Waals surface area contributed by atoms with Crippen LogP contribution in [0, 0.1) is 6.92 Å². The lowest BCUT2D eigenvalue weighted by molar-refractivity contribution is 0.205. The zero-order valence-electron chi connectivity index (χ0n) is 15.3. The Kier molecular flexibility index (Phi) is 6.42. The van der Waals surface area contributed by atoms with Gasteiger partial charge in [-0.1, -0.05) is 38.1 Å². The van der Waals surface area contributed by atoms with Gasteiger partial charge in [0.15, 0.2) is 0 Å². The first kappa shape index (κ1) is 18.8. The Labute approximate surface area is 149 Å². The molecule has 0 aliphatic heterocycles. The second-order valence-corrected chi connectivity index (χ2v) is 5.88. The molecule has 134 valence electrons. The molecule has 0 bridgehead atoms. The van der Waals surface area contributed by atoms with Crippen molar-refractivity contribution in [3.05, 3.63) is 58.7 Å². The van der Waals surface area contributed by atoms with Crippen LogP contribution in [0.3, 0.4) is 0 Å². The number of carbonyl (C=O) groups is 1. The van der Waals surface area contributed by atoms with E-state index in [1.807, 2.05) is 32.0 Å². The van der Waals surface area contributed by atoms with Gasteiger partial charge in [0.2, 0.25) is 0 Å². The Morgan fingerprint density at radius 2 is 1.96 bits per heavy atom. The highest BCUT2D eigenvalue weighted by atomic mass is 16.5. The largest absolute Gasteiger partial charge is 0.489 e. The number of hydrogen-bond acceptors (Lipinski definition) is 3. The van der Waals surface area contributed by atoms with E-state index >= 15 is 0 Å². The van der Waals surface area contributed by atoms with Crippen LogP contribution in [0.15, 0.2) is 36.4 Å². The number of amides is 2. The van der Waals surface area contributed by atoms with E-state index in [0.717, 1.165) is 35.3 Å². The molecule has 25 heavy (non-hydrogen) atoms. The molecular formula is C20H26N2O3. The summed E-state index contributed by atoms with van der Waals surface area (Å²) in [5.74, 6) is 0.804. The lowest BCUT2D eigenvalue weighted by Crippen LogP contribution is -2.36. The third-order valence-electron chi connectivity index (χ3n) is 4.28. The van der Waals surface area contributed by atoms with Gasteiger partial charge in [0.1, 0.15) is 12.4 Å². The quantitative estimate of drug-likeness (QED) is 0.610. The number of aryl methyl sites for hydroxylation is 3. The minimum absolute atomic E-state index is 0.277. The topological polar surface area (TPSA) is 61.8 Å². The summed E-state index contributed by atoms with van der Waals surface area (Å²) in [5.41, 5.74) is 4.60. The molecule has 5 heteroatoms. The maximum atomic E-state index is 11.8. The molecule has 0 heterocycles. The number of nitrogens with one attached hydrogen (secondary N) is 1. The van der Waals surface area contributed by atoms with E-state index in [0.29, 0.717) is 10.8 Å². The number of carbonyl (C=O) groups excluding carboxylic acids is 1. The Bertz CT molecular complexity index is 744. The predicted octanol–water partition coefficient (Wildman–Crippen LogP) is 4.23. The zero-order valence-corrected chi connectivity index (χ0v) is 15.3. The first-order chi connectivity index (χ1) is 12.0. The summed E-state index contributed by atoms with van der Waals surface area (Å²) in [6.45, 7) is 6.45. The molecule has 0 unspecified atom stereocenters. The van der Waals surface area contributed by atoms with Gasteiger partial charge in [-0.15, -0.1) is 0 Å². The molecule has 2 aromatic carbocycles. The van der Waals surface area contributed by atoms with Crippen molar-refractivity contribution in [3.63, 3.8) is 0 Å². The molecule has 2 aromatic rings. The van der Waals surface area contributed by atoms with Gasteiger partial charge in [0.25, 0.3) is 0 Å². The molecule has 5 nitrogen and oxygen atoms in total. The van der Waals surface area contributed by atoms with Gasteiger partial charge in [-0.3, -0.25) is 5.21 Å². The predicted molar refractivity (Wildman–Crippen MR) is 99.4 cm³/mol. The van der Waals surface area contributed by atoms with Crippen LogP contribution in [0.1, 0.15) is 36.1 Å². The monoisotopic (exact) mass is 342 g/mol. The first-order valence-electron chi connectivity index (χ1n) is 8.55. The van der Waals surface area contributed by atoms with E-state index in [1.54, 1.807) is 6.07 Å². The SMILES string of the molecule is CCc1ccc(OCc2c(CC)cccc2N(O)C(=O)NC)c(C)c1. The number of anilines is 1. The number of ether oxygens (including phenoxy) is 1. The average molecular weight is 342 g/mol.